The van der Waals surface area contributed by atoms with E-state index in [2.05, 4.69) is 49.4 Å². The van der Waals surface area contributed by atoms with E-state index < -0.39 is 0 Å². The highest BCUT2D eigenvalue weighted by Crippen LogP contribution is 2.27. The first kappa shape index (κ1) is 12.4. The molecule has 1 aliphatic heterocycles. The van der Waals surface area contributed by atoms with Gasteiger partial charge in [-0.2, -0.15) is 0 Å². The van der Waals surface area contributed by atoms with Crippen LogP contribution >= 0.6 is 0 Å². The number of ether oxygens (including phenoxy) is 1. The van der Waals surface area contributed by atoms with Gasteiger partial charge in [0.1, 0.15) is 11.9 Å². The Kier molecular flexibility index (Phi) is 4.02. The predicted molar refractivity (Wildman–Crippen MR) is 70.6 cm³/mol. The summed E-state index contributed by atoms with van der Waals surface area (Å²) in [5.41, 5.74) is 1.33. The monoisotopic (exact) mass is 234 g/mol. The number of para-hydroxylation sites is 1. The van der Waals surface area contributed by atoms with Crippen LogP contribution in [-0.4, -0.2) is 44.2 Å². The highest BCUT2D eigenvalue weighted by Gasteiger charge is 2.21. The van der Waals surface area contributed by atoms with E-state index in [1.165, 1.54) is 5.56 Å². The van der Waals surface area contributed by atoms with Gasteiger partial charge in [-0.05, 0) is 32.6 Å². The molecule has 94 valence electrons. The van der Waals surface area contributed by atoms with E-state index in [0.29, 0.717) is 12.1 Å². The summed E-state index contributed by atoms with van der Waals surface area (Å²) in [7, 11) is 4.21. The summed E-state index contributed by atoms with van der Waals surface area (Å²) in [6.45, 7) is 4.15. The Balaban J connectivity index is 1.73. The van der Waals surface area contributed by atoms with Gasteiger partial charge in [0, 0.05) is 25.6 Å². The van der Waals surface area contributed by atoms with Gasteiger partial charge in [0.15, 0.2) is 0 Å². The lowest BCUT2D eigenvalue weighted by atomic mass is 10.1. The van der Waals surface area contributed by atoms with E-state index >= 15 is 0 Å². The minimum absolute atomic E-state index is 0.293. The van der Waals surface area contributed by atoms with Crippen molar-refractivity contribution >= 4 is 0 Å². The van der Waals surface area contributed by atoms with Gasteiger partial charge in [-0.3, -0.25) is 0 Å². The molecule has 0 amide bonds. The van der Waals surface area contributed by atoms with Crippen molar-refractivity contribution < 1.29 is 4.74 Å². The van der Waals surface area contributed by atoms with Crippen LogP contribution in [0.2, 0.25) is 0 Å². The zero-order chi connectivity index (χ0) is 12.3. The molecule has 0 fully saturated rings. The lowest BCUT2D eigenvalue weighted by molar-refractivity contribution is 0.219. The Hall–Kier alpha value is -1.06. The quantitative estimate of drug-likeness (QED) is 0.836. The second-order valence-electron chi connectivity index (χ2n) is 5.02. The molecule has 1 aliphatic rings. The fourth-order valence-electron chi connectivity index (χ4n) is 2.00. The summed E-state index contributed by atoms with van der Waals surface area (Å²) in [5, 5.41) is 3.48. The van der Waals surface area contributed by atoms with Crippen molar-refractivity contribution in [1.29, 1.82) is 0 Å². The van der Waals surface area contributed by atoms with Gasteiger partial charge in [0.2, 0.25) is 0 Å². The molecule has 1 N–H and O–H groups in total. The van der Waals surface area contributed by atoms with Crippen LogP contribution in [0.25, 0.3) is 0 Å². The van der Waals surface area contributed by atoms with Gasteiger partial charge >= 0.3 is 0 Å². The minimum Gasteiger partial charge on any atom is -0.488 e. The normalized spacial score (nSPS) is 20.1. The standard InChI is InChI=1S/C14H22N2O/c1-11(16(2)3)9-15-10-13-8-12-6-4-5-7-14(12)17-13/h4-7,11,13,15H,8-10H2,1-3H3. The number of likely N-dealkylation sites (N-methyl/N-ethyl adjacent to an activating group) is 1. The second-order valence-corrected chi connectivity index (χ2v) is 5.02. The van der Waals surface area contributed by atoms with Gasteiger partial charge in [0.05, 0.1) is 0 Å². The summed E-state index contributed by atoms with van der Waals surface area (Å²) < 4.78 is 5.87. The largest absolute Gasteiger partial charge is 0.488 e. The zero-order valence-electron chi connectivity index (χ0n) is 10.9. The molecule has 2 unspecified atom stereocenters. The van der Waals surface area contributed by atoms with E-state index in [4.69, 9.17) is 4.74 Å². The van der Waals surface area contributed by atoms with Gasteiger partial charge in [-0.1, -0.05) is 18.2 Å². The van der Waals surface area contributed by atoms with Gasteiger partial charge in [0.25, 0.3) is 0 Å². The van der Waals surface area contributed by atoms with Crippen LogP contribution in [0, 0.1) is 0 Å². The molecule has 1 heterocycles. The van der Waals surface area contributed by atoms with E-state index in [1.54, 1.807) is 0 Å². The predicted octanol–water partition coefficient (Wildman–Crippen LogP) is 1.53. The maximum Gasteiger partial charge on any atom is 0.123 e. The lowest BCUT2D eigenvalue weighted by Crippen LogP contribution is -2.39. The molecule has 0 spiro atoms. The summed E-state index contributed by atoms with van der Waals surface area (Å²) in [6, 6.07) is 8.86. The maximum absolute atomic E-state index is 5.87. The van der Waals surface area contributed by atoms with Crippen molar-refractivity contribution in [1.82, 2.24) is 10.2 Å². The molecule has 0 bridgehead atoms. The number of nitrogens with zero attached hydrogens (tertiary/aromatic N) is 1. The van der Waals surface area contributed by atoms with E-state index in [9.17, 15) is 0 Å². The van der Waals surface area contributed by atoms with Crippen LogP contribution in [0.1, 0.15) is 12.5 Å². The number of fused-ring (bicyclic) bond motifs is 1. The van der Waals surface area contributed by atoms with Gasteiger partial charge in [-0.25, -0.2) is 0 Å². The first-order valence-corrected chi connectivity index (χ1v) is 6.28. The minimum atomic E-state index is 0.293. The van der Waals surface area contributed by atoms with Crippen molar-refractivity contribution in [3.63, 3.8) is 0 Å². The topological polar surface area (TPSA) is 24.5 Å². The van der Waals surface area contributed by atoms with Crippen molar-refractivity contribution in [2.75, 3.05) is 27.2 Å². The SMILES string of the molecule is CC(CNCC1Cc2ccccc2O1)N(C)C. The zero-order valence-corrected chi connectivity index (χ0v) is 10.9. The fourth-order valence-corrected chi connectivity index (χ4v) is 2.00. The Morgan fingerprint density at radius 3 is 2.88 bits per heavy atom. The molecule has 1 aromatic rings. The molecule has 2 rings (SSSR count). The van der Waals surface area contributed by atoms with Gasteiger partial charge < -0.3 is 15.0 Å². The van der Waals surface area contributed by atoms with Crippen LogP contribution in [0.4, 0.5) is 0 Å². The Morgan fingerprint density at radius 1 is 1.41 bits per heavy atom. The van der Waals surface area contributed by atoms with E-state index in [-0.39, 0.29) is 0 Å². The number of nitrogens with one attached hydrogen (secondary N) is 1. The van der Waals surface area contributed by atoms with Crippen molar-refractivity contribution in [3.8, 4) is 5.75 Å². The molecular formula is C14H22N2O. The highest BCUT2D eigenvalue weighted by atomic mass is 16.5. The Labute approximate surface area is 104 Å². The summed E-state index contributed by atoms with van der Waals surface area (Å²) in [5.74, 6) is 1.06. The summed E-state index contributed by atoms with van der Waals surface area (Å²) in [6.07, 6.45) is 1.32. The molecule has 0 radical (unpaired) electrons. The molecule has 2 atom stereocenters. The third-order valence-corrected chi connectivity index (χ3v) is 3.41. The second kappa shape index (κ2) is 5.52. The van der Waals surface area contributed by atoms with Crippen molar-refractivity contribution in [2.24, 2.45) is 0 Å². The molecule has 0 saturated heterocycles. The van der Waals surface area contributed by atoms with Gasteiger partial charge in [-0.15, -0.1) is 0 Å². The number of benzene rings is 1. The first-order valence-electron chi connectivity index (χ1n) is 6.28. The smallest absolute Gasteiger partial charge is 0.123 e. The average molecular weight is 234 g/mol. The summed E-state index contributed by atoms with van der Waals surface area (Å²) >= 11 is 0. The van der Waals surface area contributed by atoms with Crippen molar-refractivity contribution in [3.05, 3.63) is 29.8 Å². The third-order valence-electron chi connectivity index (χ3n) is 3.41. The number of rotatable bonds is 5. The highest BCUT2D eigenvalue weighted by molar-refractivity contribution is 5.37. The summed E-state index contributed by atoms with van der Waals surface area (Å²) in [4.78, 5) is 2.22. The number of hydrogen-bond acceptors (Lipinski definition) is 3. The first-order chi connectivity index (χ1) is 8.16. The number of hydrogen-bond donors (Lipinski definition) is 1. The van der Waals surface area contributed by atoms with Crippen LogP contribution in [-0.2, 0) is 6.42 Å². The van der Waals surface area contributed by atoms with Crippen LogP contribution in [0.15, 0.2) is 24.3 Å². The molecule has 0 aromatic heterocycles. The van der Waals surface area contributed by atoms with Crippen molar-refractivity contribution in [2.45, 2.75) is 25.5 Å². The van der Waals surface area contributed by atoms with Crippen LogP contribution < -0.4 is 10.1 Å². The molecule has 1 aromatic carbocycles. The van der Waals surface area contributed by atoms with Crippen LogP contribution in [0.5, 0.6) is 5.75 Å². The Bertz CT molecular complexity index is 340. The molecule has 3 nitrogen and oxygen atoms in total. The van der Waals surface area contributed by atoms with E-state index in [1.807, 2.05) is 6.07 Å². The molecule has 17 heavy (non-hydrogen) atoms. The molecular weight excluding hydrogens is 212 g/mol. The third kappa shape index (κ3) is 3.20. The molecule has 3 heteroatoms. The average Bonchev–Trinajstić information content (AvgIpc) is 2.71. The molecule has 0 saturated carbocycles. The van der Waals surface area contributed by atoms with Crippen LogP contribution in [0.3, 0.4) is 0 Å². The molecule has 0 aliphatic carbocycles. The Morgan fingerprint density at radius 2 is 2.18 bits per heavy atom. The fraction of sp³-hybridized carbons (Fsp3) is 0.571. The lowest BCUT2D eigenvalue weighted by Gasteiger charge is -2.21. The maximum atomic E-state index is 5.87. The van der Waals surface area contributed by atoms with E-state index in [0.717, 1.165) is 25.3 Å².